The molecule has 0 aliphatic carbocycles. The van der Waals surface area contributed by atoms with Crippen molar-refractivity contribution < 1.29 is 4.79 Å². The molecule has 0 bridgehead atoms. The first-order chi connectivity index (χ1) is 11.6. The van der Waals surface area contributed by atoms with Gasteiger partial charge in [-0.1, -0.05) is 12.8 Å². The maximum atomic E-state index is 12.9. The van der Waals surface area contributed by atoms with E-state index in [-0.39, 0.29) is 5.91 Å². The highest BCUT2D eigenvalue weighted by Crippen LogP contribution is 2.20. The van der Waals surface area contributed by atoms with Crippen LogP contribution < -0.4 is 0 Å². The topological polar surface area (TPSA) is 54.3 Å². The van der Waals surface area contributed by atoms with Gasteiger partial charge in [0.25, 0.3) is 0 Å². The summed E-state index contributed by atoms with van der Waals surface area (Å²) in [7, 11) is 0. The van der Waals surface area contributed by atoms with Gasteiger partial charge in [-0.2, -0.15) is 5.10 Å². The molecular formula is C18H31N5O. The summed E-state index contributed by atoms with van der Waals surface area (Å²) in [5, 5.41) is 4.35. The maximum absolute atomic E-state index is 12.9. The summed E-state index contributed by atoms with van der Waals surface area (Å²) in [4.78, 5) is 21.9. The van der Waals surface area contributed by atoms with Gasteiger partial charge in [0.1, 0.15) is 18.2 Å². The second kappa shape index (κ2) is 8.10. The van der Waals surface area contributed by atoms with E-state index in [1.807, 2.05) is 13.8 Å². The summed E-state index contributed by atoms with van der Waals surface area (Å²) < 4.78 is 1.75. The van der Waals surface area contributed by atoms with Crippen molar-refractivity contribution >= 4 is 5.91 Å². The zero-order valence-electron chi connectivity index (χ0n) is 15.2. The van der Waals surface area contributed by atoms with Crippen molar-refractivity contribution in [3.63, 3.8) is 0 Å². The highest BCUT2D eigenvalue weighted by molar-refractivity contribution is 5.76. The van der Waals surface area contributed by atoms with E-state index in [1.165, 1.54) is 45.2 Å². The van der Waals surface area contributed by atoms with Crippen LogP contribution in [0.2, 0.25) is 0 Å². The number of aryl methyl sites for hydroxylation is 2. The Morgan fingerprint density at radius 2 is 1.75 bits per heavy atom. The Balaban J connectivity index is 1.62. The average molecular weight is 333 g/mol. The van der Waals surface area contributed by atoms with Crippen LogP contribution in [0.5, 0.6) is 0 Å². The molecule has 0 saturated carbocycles. The number of likely N-dealkylation sites (tertiary alicyclic amines) is 2. The number of hydrogen-bond donors (Lipinski definition) is 0. The van der Waals surface area contributed by atoms with Crippen LogP contribution in [-0.4, -0.2) is 62.7 Å². The molecule has 3 rings (SSSR count). The fraction of sp³-hybridized carbons (Fsp3) is 0.833. The summed E-state index contributed by atoms with van der Waals surface area (Å²) in [6.07, 6.45) is 8.82. The third-order valence-corrected chi connectivity index (χ3v) is 5.36. The molecule has 6 nitrogen and oxygen atoms in total. The van der Waals surface area contributed by atoms with Crippen molar-refractivity contribution in [3.05, 3.63) is 11.6 Å². The molecule has 0 radical (unpaired) electrons. The Hall–Kier alpha value is -1.43. The van der Waals surface area contributed by atoms with Crippen LogP contribution in [0.4, 0.5) is 0 Å². The van der Waals surface area contributed by atoms with Crippen LogP contribution in [0.1, 0.15) is 56.6 Å². The lowest BCUT2D eigenvalue weighted by Crippen LogP contribution is -2.50. The highest BCUT2D eigenvalue weighted by Gasteiger charge is 2.29. The van der Waals surface area contributed by atoms with Crippen molar-refractivity contribution in [2.24, 2.45) is 0 Å². The van der Waals surface area contributed by atoms with Crippen LogP contribution >= 0.6 is 0 Å². The van der Waals surface area contributed by atoms with E-state index in [0.29, 0.717) is 12.6 Å². The normalized spacial score (nSPS) is 23.2. The standard InChI is InChI=1S/C18H31N5O/c1-15-19-16(2)23(20-15)14-18(24)22-12-8-5-9-17(22)13-21-10-6-3-4-7-11-21/h17H,3-14H2,1-2H3. The molecule has 3 heterocycles. The highest BCUT2D eigenvalue weighted by atomic mass is 16.2. The predicted molar refractivity (Wildman–Crippen MR) is 93.8 cm³/mol. The predicted octanol–water partition coefficient (Wildman–Crippen LogP) is 2.15. The molecule has 1 aromatic heterocycles. The van der Waals surface area contributed by atoms with Gasteiger partial charge in [0, 0.05) is 19.1 Å². The summed E-state index contributed by atoms with van der Waals surface area (Å²) in [6, 6.07) is 0.370. The first-order valence-electron chi connectivity index (χ1n) is 9.53. The Kier molecular flexibility index (Phi) is 5.87. The van der Waals surface area contributed by atoms with Crippen LogP contribution in [-0.2, 0) is 11.3 Å². The van der Waals surface area contributed by atoms with Gasteiger partial charge in [0.15, 0.2) is 0 Å². The molecule has 2 fully saturated rings. The molecule has 1 atom stereocenters. The van der Waals surface area contributed by atoms with Crippen LogP contribution in [0, 0.1) is 13.8 Å². The third-order valence-electron chi connectivity index (χ3n) is 5.36. The monoisotopic (exact) mass is 333 g/mol. The molecule has 1 amide bonds. The fourth-order valence-electron chi connectivity index (χ4n) is 4.07. The van der Waals surface area contributed by atoms with Gasteiger partial charge in [-0.3, -0.25) is 4.79 Å². The van der Waals surface area contributed by atoms with E-state index in [1.54, 1.807) is 4.68 Å². The number of carbonyl (C=O) groups is 1. The molecule has 0 aromatic carbocycles. The molecule has 2 aliphatic rings. The van der Waals surface area contributed by atoms with Gasteiger partial charge >= 0.3 is 0 Å². The first-order valence-corrected chi connectivity index (χ1v) is 9.53. The van der Waals surface area contributed by atoms with E-state index in [4.69, 9.17) is 0 Å². The second-order valence-electron chi connectivity index (χ2n) is 7.32. The van der Waals surface area contributed by atoms with Gasteiger partial charge in [0.2, 0.25) is 5.91 Å². The van der Waals surface area contributed by atoms with E-state index in [2.05, 4.69) is 19.9 Å². The molecule has 1 aromatic rings. The first kappa shape index (κ1) is 17.4. The Labute approximate surface area is 145 Å². The van der Waals surface area contributed by atoms with E-state index < -0.39 is 0 Å². The summed E-state index contributed by atoms with van der Waals surface area (Å²) in [5.41, 5.74) is 0. The molecule has 24 heavy (non-hydrogen) atoms. The summed E-state index contributed by atoms with van der Waals surface area (Å²) >= 11 is 0. The van der Waals surface area contributed by atoms with Crippen molar-refractivity contribution in [2.75, 3.05) is 26.2 Å². The SMILES string of the molecule is Cc1nc(C)n(CC(=O)N2CCCCC2CN2CCCCCC2)n1. The lowest BCUT2D eigenvalue weighted by atomic mass is 10.0. The largest absolute Gasteiger partial charge is 0.337 e. The van der Waals surface area contributed by atoms with Crippen LogP contribution in [0.15, 0.2) is 0 Å². The van der Waals surface area contributed by atoms with Crippen molar-refractivity contribution in [2.45, 2.75) is 71.4 Å². The molecule has 134 valence electrons. The number of nitrogens with zero attached hydrogens (tertiary/aromatic N) is 5. The maximum Gasteiger partial charge on any atom is 0.244 e. The van der Waals surface area contributed by atoms with E-state index >= 15 is 0 Å². The molecule has 0 spiro atoms. The van der Waals surface area contributed by atoms with Crippen molar-refractivity contribution in [3.8, 4) is 0 Å². The van der Waals surface area contributed by atoms with Gasteiger partial charge in [0.05, 0.1) is 0 Å². The molecule has 2 aliphatic heterocycles. The minimum atomic E-state index is 0.197. The molecule has 2 saturated heterocycles. The fourth-order valence-corrected chi connectivity index (χ4v) is 4.07. The number of hydrogen-bond acceptors (Lipinski definition) is 4. The third kappa shape index (κ3) is 4.35. The number of carbonyl (C=O) groups excluding carboxylic acids is 1. The molecular weight excluding hydrogens is 302 g/mol. The van der Waals surface area contributed by atoms with Crippen molar-refractivity contribution in [1.82, 2.24) is 24.6 Å². The number of rotatable bonds is 4. The van der Waals surface area contributed by atoms with Crippen LogP contribution in [0.25, 0.3) is 0 Å². The minimum absolute atomic E-state index is 0.197. The zero-order chi connectivity index (χ0) is 16.9. The smallest absolute Gasteiger partial charge is 0.244 e. The number of piperidine rings is 1. The van der Waals surface area contributed by atoms with Gasteiger partial charge < -0.3 is 9.80 Å². The summed E-state index contributed by atoms with van der Waals surface area (Å²) in [6.45, 7) is 8.43. The van der Waals surface area contributed by atoms with E-state index in [9.17, 15) is 4.79 Å². The summed E-state index contributed by atoms with van der Waals surface area (Å²) in [5.74, 6) is 1.75. The average Bonchev–Trinajstić information content (AvgIpc) is 2.76. The Morgan fingerprint density at radius 3 is 2.42 bits per heavy atom. The lowest BCUT2D eigenvalue weighted by Gasteiger charge is -2.38. The van der Waals surface area contributed by atoms with Crippen LogP contribution in [0.3, 0.4) is 0 Å². The minimum Gasteiger partial charge on any atom is -0.337 e. The second-order valence-corrected chi connectivity index (χ2v) is 7.32. The van der Waals surface area contributed by atoms with Gasteiger partial charge in [-0.05, 0) is 59.0 Å². The Bertz CT molecular complexity index is 548. The number of amides is 1. The molecule has 1 unspecified atom stereocenters. The zero-order valence-corrected chi connectivity index (χ0v) is 15.2. The number of aromatic nitrogens is 3. The van der Waals surface area contributed by atoms with Gasteiger partial charge in [-0.15, -0.1) is 0 Å². The molecule has 6 heteroatoms. The Morgan fingerprint density at radius 1 is 1.04 bits per heavy atom. The quantitative estimate of drug-likeness (QED) is 0.847. The van der Waals surface area contributed by atoms with Crippen molar-refractivity contribution in [1.29, 1.82) is 0 Å². The van der Waals surface area contributed by atoms with E-state index in [0.717, 1.165) is 37.6 Å². The molecule has 0 N–H and O–H groups in total. The lowest BCUT2D eigenvalue weighted by molar-refractivity contribution is -0.136. The van der Waals surface area contributed by atoms with Gasteiger partial charge in [-0.25, -0.2) is 9.67 Å².